The molecule has 4 aromatic rings. The van der Waals surface area contributed by atoms with E-state index in [-0.39, 0.29) is 0 Å². The Balaban J connectivity index is 1.34. The van der Waals surface area contributed by atoms with Gasteiger partial charge in [0.15, 0.2) is 5.82 Å². The lowest BCUT2D eigenvalue weighted by Gasteiger charge is -2.22. The minimum Gasteiger partial charge on any atom is -0.306 e. The normalized spacial score (nSPS) is 16.0. The van der Waals surface area contributed by atoms with E-state index < -0.39 is 0 Å². The Morgan fingerprint density at radius 1 is 1.06 bits per heavy atom. The quantitative estimate of drug-likeness (QED) is 0.445. The van der Waals surface area contributed by atoms with Crippen molar-refractivity contribution >= 4 is 12.2 Å². The molecule has 0 N–H and O–H groups in total. The molecule has 5 heteroatoms. The second-order valence-corrected chi connectivity index (χ2v) is 8.38. The largest absolute Gasteiger partial charge is 0.306 e. The Labute approximate surface area is 183 Å². The first-order valence-electron chi connectivity index (χ1n) is 10.9. The van der Waals surface area contributed by atoms with E-state index >= 15 is 0 Å². The van der Waals surface area contributed by atoms with Gasteiger partial charge in [0.2, 0.25) is 0 Å². The van der Waals surface area contributed by atoms with Gasteiger partial charge in [0.25, 0.3) is 0 Å². The molecule has 1 atom stereocenters. The maximum Gasteiger partial charge on any atom is 0.174 e. The van der Waals surface area contributed by atoms with Gasteiger partial charge in [0.1, 0.15) is 5.82 Å². The Bertz CT molecular complexity index is 1220. The van der Waals surface area contributed by atoms with Crippen molar-refractivity contribution in [1.82, 2.24) is 24.3 Å². The molecule has 2 aromatic heterocycles. The molecule has 31 heavy (non-hydrogen) atoms. The summed E-state index contributed by atoms with van der Waals surface area (Å²) >= 11 is 0. The Morgan fingerprint density at radius 3 is 2.71 bits per heavy atom. The summed E-state index contributed by atoms with van der Waals surface area (Å²) in [6.45, 7) is 5.09. The molecular formula is C26H27N5. The van der Waals surface area contributed by atoms with Crippen LogP contribution in [-0.2, 0) is 13.0 Å². The van der Waals surface area contributed by atoms with Crippen LogP contribution < -0.4 is 0 Å². The van der Waals surface area contributed by atoms with Crippen LogP contribution in [0.3, 0.4) is 0 Å². The highest BCUT2D eigenvalue weighted by atomic mass is 15.4. The molecule has 156 valence electrons. The van der Waals surface area contributed by atoms with Gasteiger partial charge in [-0.05, 0) is 68.0 Å². The minimum absolute atomic E-state index is 0.436. The molecule has 5 nitrogen and oxygen atoms in total. The Morgan fingerprint density at radius 2 is 1.94 bits per heavy atom. The lowest BCUT2D eigenvalue weighted by Crippen LogP contribution is -2.18. The molecule has 1 aliphatic heterocycles. The highest BCUT2D eigenvalue weighted by molar-refractivity contribution is 5.68. The van der Waals surface area contributed by atoms with Crippen LogP contribution in [-0.4, -0.2) is 24.3 Å². The van der Waals surface area contributed by atoms with Crippen LogP contribution in [0, 0.1) is 13.8 Å². The highest BCUT2D eigenvalue weighted by Gasteiger charge is 2.24. The molecule has 0 saturated heterocycles. The maximum atomic E-state index is 4.89. The molecule has 0 fully saturated rings. The third-order valence-corrected chi connectivity index (χ3v) is 5.96. The van der Waals surface area contributed by atoms with E-state index in [0.717, 1.165) is 48.0 Å². The molecule has 0 radical (unpaired) electrons. The molecular weight excluding hydrogens is 382 g/mol. The van der Waals surface area contributed by atoms with Crippen LogP contribution in [0.5, 0.6) is 0 Å². The van der Waals surface area contributed by atoms with Gasteiger partial charge in [0.05, 0.1) is 12.0 Å². The SMILES string of the molecule is Cc1cn(-c2ccc(/C=C/c3nc4n(n3)CCC[C@@H]4Cc3ccccc3)cc2C)cn1. The first-order chi connectivity index (χ1) is 15.2. The second-order valence-electron chi connectivity index (χ2n) is 8.38. The van der Waals surface area contributed by atoms with Crippen LogP contribution in [0.15, 0.2) is 61.1 Å². The van der Waals surface area contributed by atoms with E-state index in [1.807, 2.05) is 25.5 Å². The Kier molecular flexibility index (Phi) is 5.24. The predicted octanol–water partition coefficient (Wildman–Crippen LogP) is 5.37. The van der Waals surface area contributed by atoms with Crippen molar-refractivity contribution in [2.24, 2.45) is 0 Å². The summed E-state index contributed by atoms with van der Waals surface area (Å²) in [6, 6.07) is 17.1. The third-order valence-electron chi connectivity index (χ3n) is 5.96. The van der Waals surface area contributed by atoms with Crippen molar-refractivity contribution in [2.75, 3.05) is 0 Å². The van der Waals surface area contributed by atoms with Gasteiger partial charge in [-0.1, -0.05) is 42.5 Å². The smallest absolute Gasteiger partial charge is 0.174 e. The van der Waals surface area contributed by atoms with Gasteiger partial charge >= 0.3 is 0 Å². The van der Waals surface area contributed by atoms with Gasteiger partial charge in [0, 0.05) is 24.3 Å². The second kappa shape index (κ2) is 8.34. The van der Waals surface area contributed by atoms with Crippen molar-refractivity contribution in [3.63, 3.8) is 0 Å². The molecule has 0 amide bonds. The van der Waals surface area contributed by atoms with Gasteiger partial charge in [-0.2, -0.15) is 5.10 Å². The van der Waals surface area contributed by atoms with Gasteiger partial charge < -0.3 is 4.57 Å². The number of benzene rings is 2. The van der Waals surface area contributed by atoms with E-state index in [0.29, 0.717) is 5.92 Å². The zero-order chi connectivity index (χ0) is 21.2. The summed E-state index contributed by atoms with van der Waals surface area (Å²) in [5.74, 6) is 2.35. The first kappa shape index (κ1) is 19.5. The molecule has 3 heterocycles. The van der Waals surface area contributed by atoms with Crippen LogP contribution in [0.4, 0.5) is 0 Å². The fourth-order valence-corrected chi connectivity index (χ4v) is 4.41. The van der Waals surface area contributed by atoms with E-state index in [4.69, 9.17) is 10.1 Å². The van der Waals surface area contributed by atoms with E-state index in [1.165, 1.54) is 17.5 Å². The van der Waals surface area contributed by atoms with Crippen LogP contribution >= 0.6 is 0 Å². The van der Waals surface area contributed by atoms with E-state index in [2.05, 4.69) is 75.8 Å². The topological polar surface area (TPSA) is 48.5 Å². The maximum absolute atomic E-state index is 4.89. The molecule has 0 spiro atoms. The van der Waals surface area contributed by atoms with Crippen molar-refractivity contribution in [1.29, 1.82) is 0 Å². The molecule has 0 unspecified atom stereocenters. The summed E-state index contributed by atoms with van der Waals surface area (Å²) in [7, 11) is 0. The van der Waals surface area contributed by atoms with Crippen molar-refractivity contribution in [3.8, 4) is 5.69 Å². The summed E-state index contributed by atoms with van der Waals surface area (Å²) in [6.07, 6.45) is 11.4. The van der Waals surface area contributed by atoms with Crippen molar-refractivity contribution in [3.05, 3.63) is 95.1 Å². The molecule has 1 aliphatic rings. The number of aryl methyl sites for hydroxylation is 3. The van der Waals surface area contributed by atoms with Crippen LogP contribution in [0.25, 0.3) is 17.8 Å². The molecule has 2 aromatic carbocycles. The standard InChI is InChI=1S/C26H27N5/c1-19-15-22(10-12-24(19)30-17-20(2)27-18-30)11-13-25-28-26-23(9-6-14-31(26)29-25)16-21-7-4-3-5-8-21/h3-5,7-8,10-13,15,17-18,23H,6,9,14,16H2,1-2H3/b13-11+/t23-/m1/s1. The summed E-state index contributed by atoms with van der Waals surface area (Å²) in [4.78, 5) is 9.21. The highest BCUT2D eigenvalue weighted by Crippen LogP contribution is 2.29. The Hall–Kier alpha value is -3.47. The van der Waals surface area contributed by atoms with E-state index in [9.17, 15) is 0 Å². The van der Waals surface area contributed by atoms with E-state index in [1.54, 1.807) is 0 Å². The average Bonchev–Trinajstić information content (AvgIpc) is 3.40. The summed E-state index contributed by atoms with van der Waals surface area (Å²) < 4.78 is 4.17. The first-order valence-corrected chi connectivity index (χ1v) is 10.9. The average molecular weight is 410 g/mol. The molecule has 0 bridgehead atoms. The molecule has 0 saturated carbocycles. The number of aromatic nitrogens is 5. The van der Waals surface area contributed by atoms with Gasteiger partial charge in [-0.25, -0.2) is 14.6 Å². The van der Waals surface area contributed by atoms with Crippen LogP contribution in [0.2, 0.25) is 0 Å². The lowest BCUT2D eigenvalue weighted by molar-refractivity contribution is 0.413. The predicted molar refractivity (Wildman–Crippen MR) is 124 cm³/mol. The zero-order valence-corrected chi connectivity index (χ0v) is 18.1. The molecule has 5 rings (SSSR count). The fraction of sp³-hybridized carbons (Fsp3) is 0.269. The summed E-state index contributed by atoms with van der Waals surface area (Å²) in [5.41, 5.74) is 5.89. The van der Waals surface area contributed by atoms with Crippen molar-refractivity contribution in [2.45, 2.75) is 45.6 Å². The number of fused-ring (bicyclic) bond motifs is 1. The number of hydrogen-bond donors (Lipinski definition) is 0. The molecule has 0 aliphatic carbocycles. The number of rotatable bonds is 5. The number of imidazole rings is 1. The number of hydrogen-bond acceptors (Lipinski definition) is 3. The van der Waals surface area contributed by atoms with Gasteiger partial charge in [-0.3, -0.25) is 0 Å². The lowest BCUT2D eigenvalue weighted by atomic mass is 9.92. The fourth-order valence-electron chi connectivity index (χ4n) is 4.41. The zero-order valence-electron chi connectivity index (χ0n) is 18.1. The minimum atomic E-state index is 0.436. The third kappa shape index (κ3) is 4.22. The van der Waals surface area contributed by atoms with Crippen LogP contribution in [0.1, 0.15) is 52.8 Å². The summed E-state index contributed by atoms with van der Waals surface area (Å²) in [5, 5.41) is 4.75. The monoisotopic (exact) mass is 409 g/mol. The number of nitrogens with zero attached hydrogens (tertiary/aromatic N) is 5. The van der Waals surface area contributed by atoms with Gasteiger partial charge in [-0.15, -0.1) is 0 Å². The van der Waals surface area contributed by atoms with Crippen molar-refractivity contribution < 1.29 is 0 Å².